The largest absolute Gasteiger partial charge is 0.497 e. The first-order valence-corrected chi connectivity index (χ1v) is 13.7. The molecule has 4 N–H and O–H groups in total. The molecule has 34 heavy (non-hydrogen) atoms. The summed E-state index contributed by atoms with van der Waals surface area (Å²) in [6.45, 7) is 8.39. The summed E-state index contributed by atoms with van der Waals surface area (Å²) in [7, 11) is 1.70. The van der Waals surface area contributed by atoms with E-state index in [2.05, 4.69) is 56.3 Å². The Kier molecular flexibility index (Phi) is 11.6. The molecule has 3 heteroatoms. The number of hydrogen-bond acceptors (Lipinski definition) is 3. The van der Waals surface area contributed by atoms with Crippen molar-refractivity contribution >= 4 is 0 Å². The number of hydrogen-bond donors (Lipinski definition) is 2. The zero-order chi connectivity index (χ0) is 25.0. The minimum Gasteiger partial charge on any atom is -0.497 e. The molecule has 0 spiro atoms. The second-order valence-corrected chi connectivity index (χ2v) is 10.1. The lowest BCUT2D eigenvalue weighted by molar-refractivity contribution is 0.257. The third-order valence-electron chi connectivity index (χ3n) is 7.95. The van der Waals surface area contributed by atoms with Crippen LogP contribution in [-0.4, -0.2) is 7.11 Å². The predicted octanol–water partition coefficient (Wildman–Crippen LogP) is 7.92. The Morgan fingerprint density at radius 3 is 1.85 bits per heavy atom. The molecule has 0 aliphatic heterocycles. The summed E-state index contributed by atoms with van der Waals surface area (Å²) in [5.41, 5.74) is 15.5. The van der Waals surface area contributed by atoms with E-state index in [4.69, 9.17) is 16.2 Å². The lowest BCUT2D eigenvalue weighted by Crippen LogP contribution is -2.43. The highest BCUT2D eigenvalue weighted by Crippen LogP contribution is 2.41. The Morgan fingerprint density at radius 2 is 1.32 bits per heavy atom. The molecule has 2 aromatic carbocycles. The molecular weight excluding hydrogens is 416 g/mol. The van der Waals surface area contributed by atoms with Crippen molar-refractivity contribution in [3.05, 3.63) is 65.7 Å². The molecule has 2 saturated carbocycles. The summed E-state index contributed by atoms with van der Waals surface area (Å²) in [6, 6.07) is 18.9. The smallest absolute Gasteiger partial charge is 0.119 e. The van der Waals surface area contributed by atoms with Gasteiger partial charge >= 0.3 is 0 Å². The van der Waals surface area contributed by atoms with Gasteiger partial charge in [0, 0.05) is 11.1 Å². The molecular formula is C31H50N2O. The minimum atomic E-state index is -0.217. The van der Waals surface area contributed by atoms with Crippen LogP contribution in [0, 0.1) is 11.8 Å². The summed E-state index contributed by atoms with van der Waals surface area (Å²) in [6.07, 6.45) is 12.8. The van der Waals surface area contributed by atoms with Crippen LogP contribution in [-0.2, 0) is 11.1 Å². The number of rotatable bonds is 7. The lowest BCUT2D eigenvalue weighted by Gasteiger charge is -2.36. The fraction of sp³-hybridized carbons (Fsp3) is 0.613. The number of methoxy groups -OCH3 is 1. The van der Waals surface area contributed by atoms with Gasteiger partial charge in [0.25, 0.3) is 0 Å². The average Bonchev–Trinajstić information content (AvgIpc) is 3.62. The molecule has 0 aromatic heterocycles. The van der Waals surface area contributed by atoms with Crippen molar-refractivity contribution in [3.63, 3.8) is 0 Å². The van der Waals surface area contributed by atoms with E-state index in [0.29, 0.717) is 11.8 Å². The Balaban J connectivity index is 0.000000224. The van der Waals surface area contributed by atoms with Gasteiger partial charge in [0.05, 0.1) is 7.11 Å². The van der Waals surface area contributed by atoms with Gasteiger partial charge in [-0.3, -0.25) is 0 Å². The monoisotopic (exact) mass is 466 g/mol. The quantitative estimate of drug-likeness (QED) is 0.435. The lowest BCUT2D eigenvalue weighted by atomic mass is 9.75. The molecule has 0 bridgehead atoms. The summed E-state index contributed by atoms with van der Waals surface area (Å²) < 4.78 is 5.26. The van der Waals surface area contributed by atoms with E-state index in [1.807, 2.05) is 26.0 Å². The average molecular weight is 467 g/mol. The third kappa shape index (κ3) is 7.09. The van der Waals surface area contributed by atoms with Gasteiger partial charge in [0.1, 0.15) is 5.75 Å². The Bertz CT molecular complexity index is 807. The van der Waals surface area contributed by atoms with Gasteiger partial charge in [-0.2, -0.15) is 0 Å². The molecule has 0 radical (unpaired) electrons. The maximum atomic E-state index is 6.74. The van der Waals surface area contributed by atoms with E-state index < -0.39 is 0 Å². The molecule has 0 saturated heterocycles. The number of benzene rings is 2. The Hall–Kier alpha value is -1.84. The van der Waals surface area contributed by atoms with Crippen molar-refractivity contribution in [1.82, 2.24) is 0 Å². The maximum Gasteiger partial charge on any atom is 0.119 e. The SMILES string of the molecule is CC.CCCC(N)(c1ccccc1)C1CCCC1.COc1cccc(C(C)(N)C2CCCC2)c1. The molecule has 2 aliphatic carbocycles. The van der Waals surface area contributed by atoms with Crippen molar-refractivity contribution in [2.45, 2.75) is 103 Å². The summed E-state index contributed by atoms with van der Waals surface area (Å²) in [5, 5.41) is 0. The van der Waals surface area contributed by atoms with Gasteiger partial charge in [-0.25, -0.2) is 0 Å². The second-order valence-electron chi connectivity index (χ2n) is 10.1. The molecule has 0 heterocycles. The highest BCUT2D eigenvalue weighted by molar-refractivity contribution is 5.33. The second kappa shape index (κ2) is 13.9. The predicted molar refractivity (Wildman–Crippen MR) is 147 cm³/mol. The molecule has 2 fully saturated rings. The van der Waals surface area contributed by atoms with Crippen molar-refractivity contribution in [2.75, 3.05) is 7.11 Å². The van der Waals surface area contributed by atoms with Crippen LogP contribution in [0.25, 0.3) is 0 Å². The number of ether oxygens (including phenoxy) is 1. The fourth-order valence-electron chi connectivity index (χ4n) is 5.91. The topological polar surface area (TPSA) is 61.3 Å². The van der Waals surface area contributed by atoms with E-state index in [1.54, 1.807) is 7.11 Å². The van der Waals surface area contributed by atoms with Crippen molar-refractivity contribution in [1.29, 1.82) is 0 Å². The standard InChI is InChI=1S/C15H23N.C14H21NO.C2H6/c1-2-12-15(16,14-10-6-7-11-14)13-8-4-3-5-9-13;1-14(15,11-6-3-4-7-11)12-8-5-9-13(10-12)16-2;1-2/h3-5,8-9,14H,2,6-7,10-12,16H2,1H3;5,8-11H,3-4,6-7,15H2,1-2H3;1-2H3. The van der Waals surface area contributed by atoms with Crippen LogP contribution >= 0.6 is 0 Å². The first kappa shape index (κ1) is 28.4. The van der Waals surface area contributed by atoms with Crippen LogP contribution in [0.2, 0.25) is 0 Å². The molecule has 190 valence electrons. The van der Waals surface area contributed by atoms with E-state index in [0.717, 1.165) is 12.2 Å². The third-order valence-corrected chi connectivity index (χ3v) is 7.95. The zero-order valence-electron chi connectivity index (χ0n) is 22.5. The van der Waals surface area contributed by atoms with Crippen LogP contribution in [0.5, 0.6) is 5.75 Å². The van der Waals surface area contributed by atoms with Gasteiger partial charge in [-0.1, -0.05) is 95.3 Å². The number of nitrogens with two attached hydrogens (primary N) is 2. The minimum absolute atomic E-state index is 0.0769. The van der Waals surface area contributed by atoms with Crippen LogP contribution in [0.15, 0.2) is 54.6 Å². The summed E-state index contributed by atoms with van der Waals surface area (Å²) in [5.74, 6) is 2.20. The highest BCUT2D eigenvalue weighted by Gasteiger charge is 2.37. The highest BCUT2D eigenvalue weighted by atomic mass is 16.5. The van der Waals surface area contributed by atoms with Gasteiger partial charge in [0.2, 0.25) is 0 Å². The van der Waals surface area contributed by atoms with Crippen LogP contribution in [0.1, 0.15) is 103 Å². The molecule has 2 aliphatic rings. The molecule has 2 aromatic rings. The van der Waals surface area contributed by atoms with Crippen molar-refractivity contribution in [2.24, 2.45) is 23.3 Å². The zero-order valence-corrected chi connectivity index (χ0v) is 22.5. The molecule has 2 unspecified atom stereocenters. The molecule has 4 rings (SSSR count). The van der Waals surface area contributed by atoms with E-state index in [-0.39, 0.29) is 11.1 Å². The summed E-state index contributed by atoms with van der Waals surface area (Å²) >= 11 is 0. The fourth-order valence-corrected chi connectivity index (χ4v) is 5.91. The van der Waals surface area contributed by atoms with Gasteiger partial charge < -0.3 is 16.2 Å². The summed E-state index contributed by atoms with van der Waals surface area (Å²) in [4.78, 5) is 0. The maximum absolute atomic E-state index is 6.74. The van der Waals surface area contributed by atoms with Crippen LogP contribution in [0.4, 0.5) is 0 Å². The normalized spacial score (nSPS) is 19.7. The van der Waals surface area contributed by atoms with Crippen molar-refractivity contribution < 1.29 is 4.74 Å². The van der Waals surface area contributed by atoms with E-state index in [1.165, 1.54) is 68.9 Å². The van der Waals surface area contributed by atoms with E-state index >= 15 is 0 Å². The molecule has 3 nitrogen and oxygen atoms in total. The van der Waals surface area contributed by atoms with Gasteiger partial charge in [-0.15, -0.1) is 0 Å². The van der Waals surface area contributed by atoms with Crippen LogP contribution < -0.4 is 16.2 Å². The first-order chi connectivity index (χ1) is 16.4. The van der Waals surface area contributed by atoms with Gasteiger partial charge in [-0.05, 0) is 74.1 Å². The molecule has 0 amide bonds. The molecule has 2 atom stereocenters. The van der Waals surface area contributed by atoms with E-state index in [9.17, 15) is 0 Å². The first-order valence-electron chi connectivity index (χ1n) is 13.7. The van der Waals surface area contributed by atoms with Crippen molar-refractivity contribution in [3.8, 4) is 5.75 Å². The Labute approximate surface area is 209 Å². The van der Waals surface area contributed by atoms with Crippen LogP contribution in [0.3, 0.4) is 0 Å². The Morgan fingerprint density at radius 1 is 0.794 bits per heavy atom. The van der Waals surface area contributed by atoms with Gasteiger partial charge in [0.15, 0.2) is 0 Å².